The highest BCUT2D eigenvalue weighted by molar-refractivity contribution is 9.08. The number of morpholine rings is 1. The summed E-state index contributed by atoms with van der Waals surface area (Å²) in [6.45, 7) is 4.76. The predicted octanol–water partition coefficient (Wildman–Crippen LogP) is 2.59. The topological polar surface area (TPSA) is 25.4 Å². The van der Waals surface area contributed by atoms with E-state index >= 15 is 0 Å². The minimum Gasteiger partial charge on any atom is -0.377 e. The van der Waals surface area contributed by atoms with Crippen molar-refractivity contribution in [2.75, 3.05) is 24.7 Å². The molecule has 0 bridgehead atoms. The second-order valence-corrected chi connectivity index (χ2v) is 4.55. The average Bonchev–Trinajstić information content (AvgIpc) is 2.39. The third-order valence-electron chi connectivity index (χ3n) is 2.96. The fourth-order valence-electron chi connectivity index (χ4n) is 1.96. The molecule has 0 radical (unpaired) electrons. The van der Waals surface area contributed by atoms with Crippen molar-refractivity contribution in [1.29, 1.82) is 0 Å². The Morgan fingerprint density at radius 1 is 1.56 bits per heavy atom. The van der Waals surface area contributed by atoms with Crippen LogP contribution < -0.4 is 4.90 Å². The van der Waals surface area contributed by atoms with Gasteiger partial charge in [0.25, 0.3) is 0 Å². The van der Waals surface area contributed by atoms with Gasteiger partial charge in [-0.25, -0.2) is 4.98 Å². The monoisotopic (exact) mass is 284 g/mol. The molecule has 1 saturated heterocycles. The summed E-state index contributed by atoms with van der Waals surface area (Å²) in [7, 11) is 0. The zero-order valence-corrected chi connectivity index (χ0v) is 11.1. The van der Waals surface area contributed by atoms with Crippen molar-refractivity contribution < 1.29 is 4.74 Å². The minimum absolute atomic E-state index is 0.469. The van der Waals surface area contributed by atoms with Gasteiger partial charge in [0.15, 0.2) is 0 Å². The highest BCUT2D eigenvalue weighted by Crippen LogP contribution is 2.19. The summed E-state index contributed by atoms with van der Waals surface area (Å²) in [5.74, 6) is 1.07. The van der Waals surface area contributed by atoms with Crippen LogP contribution in [0.4, 0.5) is 5.82 Å². The second kappa shape index (κ2) is 5.64. The van der Waals surface area contributed by atoms with Gasteiger partial charge in [-0.1, -0.05) is 28.9 Å². The smallest absolute Gasteiger partial charge is 0.128 e. The van der Waals surface area contributed by atoms with Crippen molar-refractivity contribution in [3.63, 3.8) is 0 Å². The molecule has 0 amide bonds. The van der Waals surface area contributed by atoms with Crippen LogP contribution in [0.3, 0.4) is 0 Å². The van der Waals surface area contributed by atoms with Gasteiger partial charge in [0.2, 0.25) is 0 Å². The van der Waals surface area contributed by atoms with E-state index < -0.39 is 0 Å². The predicted molar refractivity (Wildman–Crippen MR) is 69.1 cm³/mol. The van der Waals surface area contributed by atoms with E-state index in [2.05, 4.69) is 44.9 Å². The lowest BCUT2D eigenvalue weighted by atomic mass is 10.1. The Morgan fingerprint density at radius 3 is 3.06 bits per heavy atom. The molecule has 0 N–H and O–H groups in total. The molecule has 3 nitrogen and oxygen atoms in total. The second-order valence-electron chi connectivity index (χ2n) is 3.99. The lowest BCUT2D eigenvalue weighted by Gasteiger charge is -2.36. The Morgan fingerprint density at radius 2 is 2.44 bits per heavy atom. The molecule has 1 aliphatic heterocycles. The van der Waals surface area contributed by atoms with E-state index in [1.54, 1.807) is 0 Å². The summed E-state index contributed by atoms with van der Waals surface area (Å²) < 4.78 is 5.49. The lowest BCUT2D eigenvalue weighted by Crippen LogP contribution is -2.45. The van der Waals surface area contributed by atoms with Crippen LogP contribution in [0.2, 0.25) is 0 Å². The van der Waals surface area contributed by atoms with Crippen LogP contribution in [0.5, 0.6) is 0 Å². The summed E-state index contributed by atoms with van der Waals surface area (Å²) in [6.07, 6.45) is 3.04. The van der Waals surface area contributed by atoms with Gasteiger partial charge in [-0.15, -0.1) is 0 Å². The molecule has 1 aliphatic rings. The number of rotatable bonds is 3. The van der Waals surface area contributed by atoms with Crippen molar-refractivity contribution in [2.45, 2.75) is 24.7 Å². The van der Waals surface area contributed by atoms with E-state index in [0.29, 0.717) is 6.04 Å². The fraction of sp³-hybridized carbons (Fsp3) is 0.583. The fourth-order valence-corrected chi connectivity index (χ4v) is 2.29. The first-order valence-corrected chi connectivity index (χ1v) is 6.82. The summed E-state index contributed by atoms with van der Waals surface area (Å²) in [6, 6.07) is 4.69. The molecule has 16 heavy (non-hydrogen) atoms. The molecule has 1 aromatic heterocycles. The first kappa shape index (κ1) is 11.9. The van der Waals surface area contributed by atoms with E-state index in [1.807, 2.05) is 6.20 Å². The Kier molecular flexibility index (Phi) is 4.18. The van der Waals surface area contributed by atoms with Gasteiger partial charge in [-0.3, -0.25) is 0 Å². The summed E-state index contributed by atoms with van der Waals surface area (Å²) in [5.41, 5.74) is 1.21. The molecule has 88 valence electrons. The third kappa shape index (κ3) is 2.55. The van der Waals surface area contributed by atoms with Crippen molar-refractivity contribution >= 4 is 21.7 Å². The van der Waals surface area contributed by atoms with Crippen LogP contribution in [-0.2, 0) is 10.1 Å². The van der Waals surface area contributed by atoms with Crippen LogP contribution >= 0.6 is 15.9 Å². The van der Waals surface area contributed by atoms with Crippen LogP contribution in [0.15, 0.2) is 18.3 Å². The maximum Gasteiger partial charge on any atom is 0.128 e. The first-order valence-electron chi connectivity index (χ1n) is 5.70. The highest BCUT2D eigenvalue weighted by atomic mass is 79.9. The van der Waals surface area contributed by atoms with E-state index in [1.165, 1.54) is 5.56 Å². The molecule has 0 saturated carbocycles. The van der Waals surface area contributed by atoms with E-state index in [-0.39, 0.29) is 0 Å². The average molecular weight is 285 g/mol. The van der Waals surface area contributed by atoms with Gasteiger partial charge in [0, 0.05) is 18.1 Å². The maximum absolute atomic E-state index is 5.49. The quantitative estimate of drug-likeness (QED) is 0.798. The summed E-state index contributed by atoms with van der Waals surface area (Å²) in [5, 5.41) is 0.862. The van der Waals surface area contributed by atoms with E-state index in [9.17, 15) is 0 Å². The zero-order valence-electron chi connectivity index (χ0n) is 9.53. The van der Waals surface area contributed by atoms with E-state index in [0.717, 1.165) is 37.3 Å². The minimum atomic E-state index is 0.469. The lowest BCUT2D eigenvalue weighted by molar-refractivity contribution is 0.0926. The molecule has 2 rings (SSSR count). The van der Waals surface area contributed by atoms with Crippen molar-refractivity contribution in [3.05, 3.63) is 23.9 Å². The van der Waals surface area contributed by atoms with Crippen molar-refractivity contribution in [1.82, 2.24) is 4.98 Å². The summed E-state index contributed by atoms with van der Waals surface area (Å²) in [4.78, 5) is 6.86. The molecule has 0 spiro atoms. The summed E-state index contributed by atoms with van der Waals surface area (Å²) >= 11 is 3.43. The number of aromatic nitrogens is 1. The molecule has 0 aliphatic carbocycles. The number of pyridine rings is 1. The van der Waals surface area contributed by atoms with Crippen LogP contribution in [0.1, 0.15) is 18.9 Å². The van der Waals surface area contributed by atoms with Crippen LogP contribution in [0, 0.1) is 0 Å². The number of ether oxygens (including phenoxy) is 1. The number of hydrogen-bond donors (Lipinski definition) is 0. The van der Waals surface area contributed by atoms with Crippen LogP contribution in [0.25, 0.3) is 0 Å². The molecule has 4 heteroatoms. The van der Waals surface area contributed by atoms with E-state index in [4.69, 9.17) is 4.74 Å². The highest BCUT2D eigenvalue weighted by Gasteiger charge is 2.22. The molecule has 1 atom stereocenters. The zero-order chi connectivity index (χ0) is 11.4. The standard InChI is InChI=1S/C12H17BrN2O/c1-2-11-9-16-6-5-15(11)12-4-3-10(7-13)8-14-12/h3-4,8,11H,2,5-7,9H2,1H3. The maximum atomic E-state index is 5.49. The van der Waals surface area contributed by atoms with Gasteiger partial charge < -0.3 is 9.64 Å². The Hall–Kier alpha value is -0.610. The van der Waals surface area contributed by atoms with Gasteiger partial charge in [-0.2, -0.15) is 0 Å². The number of hydrogen-bond acceptors (Lipinski definition) is 3. The number of nitrogens with zero attached hydrogens (tertiary/aromatic N) is 2. The van der Waals surface area contributed by atoms with Gasteiger partial charge in [0.1, 0.15) is 5.82 Å². The van der Waals surface area contributed by atoms with Gasteiger partial charge in [0.05, 0.1) is 19.3 Å². The molecule has 0 aromatic carbocycles. The normalized spacial score (nSPS) is 21.1. The van der Waals surface area contributed by atoms with Gasteiger partial charge >= 0.3 is 0 Å². The molecule has 1 aromatic rings. The van der Waals surface area contributed by atoms with Crippen molar-refractivity contribution in [2.24, 2.45) is 0 Å². The largest absolute Gasteiger partial charge is 0.377 e. The Balaban J connectivity index is 2.14. The molecule has 1 unspecified atom stereocenters. The number of halogens is 1. The molecule has 2 heterocycles. The molecule has 1 fully saturated rings. The third-order valence-corrected chi connectivity index (χ3v) is 3.60. The SMILES string of the molecule is CCC1COCCN1c1ccc(CBr)cn1. The van der Waals surface area contributed by atoms with Crippen molar-refractivity contribution in [3.8, 4) is 0 Å². The first-order chi connectivity index (χ1) is 7.85. The number of alkyl halides is 1. The molecular weight excluding hydrogens is 268 g/mol. The number of anilines is 1. The molecular formula is C12H17BrN2O. The Bertz CT molecular complexity index is 328. The van der Waals surface area contributed by atoms with Gasteiger partial charge in [-0.05, 0) is 18.1 Å². The van der Waals surface area contributed by atoms with Crippen LogP contribution in [-0.4, -0.2) is 30.8 Å². The Labute approximate surface area is 105 Å².